The van der Waals surface area contributed by atoms with E-state index in [9.17, 15) is 4.79 Å². The zero-order valence-corrected chi connectivity index (χ0v) is 7.47. The Balaban J connectivity index is 2.00. The maximum Gasteiger partial charge on any atom is 0.221 e. The van der Waals surface area contributed by atoms with E-state index >= 15 is 0 Å². The first-order chi connectivity index (χ1) is 5.64. The first-order valence-corrected chi connectivity index (χ1v) is 4.64. The molecule has 68 valence electrons. The van der Waals surface area contributed by atoms with Crippen molar-refractivity contribution in [2.45, 2.75) is 19.8 Å². The van der Waals surface area contributed by atoms with Gasteiger partial charge in [0, 0.05) is 13.1 Å². The molecule has 2 aliphatic rings. The molecule has 0 radical (unpaired) electrons. The van der Waals surface area contributed by atoms with E-state index in [0.717, 1.165) is 25.4 Å². The Kier molecular flexibility index (Phi) is 1.65. The van der Waals surface area contributed by atoms with Crippen molar-refractivity contribution >= 4 is 5.91 Å². The number of carbonyl (C=O) groups is 1. The van der Waals surface area contributed by atoms with Crippen molar-refractivity contribution in [3.63, 3.8) is 0 Å². The molecule has 3 heteroatoms. The topological polar surface area (TPSA) is 55.1 Å². The van der Waals surface area contributed by atoms with Crippen LogP contribution in [0.3, 0.4) is 0 Å². The molecule has 3 N–H and O–H groups in total. The lowest BCUT2D eigenvalue weighted by atomic mass is 9.86. The van der Waals surface area contributed by atoms with Gasteiger partial charge in [-0.15, -0.1) is 0 Å². The normalized spacial score (nSPS) is 46.1. The molecule has 12 heavy (non-hydrogen) atoms. The van der Waals surface area contributed by atoms with Crippen molar-refractivity contribution in [3.05, 3.63) is 0 Å². The number of amides is 1. The third kappa shape index (κ3) is 1.12. The fourth-order valence-corrected chi connectivity index (χ4v) is 2.41. The van der Waals surface area contributed by atoms with Crippen LogP contribution in [0.2, 0.25) is 0 Å². The minimum atomic E-state index is -0.138. The SMILES string of the molecule is CC1CC12CNCC(C(N)=O)C2. The third-order valence-electron chi connectivity index (χ3n) is 3.52. The molecule has 0 aromatic rings. The summed E-state index contributed by atoms with van der Waals surface area (Å²) in [6.07, 6.45) is 2.28. The Morgan fingerprint density at radius 1 is 1.58 bits per heavy atom. The molecule has 1 spiro atoms. The Morgan fingerprint density at radius 3 is 2.75 bits per heavy atom. The molecule has 3 atom stereocenters. The Labute approximate surface area is 72.7 Å². The standard InChI is InChI=1S/C9H16N2O/c1-6-2-9(6)3-7(8(10)12)4-11-5-9/h6-7,11H,2-5H2,1H3,(H2,10,12). The number of carbonyl (C=O) groups excluding carboxylic acids is 1. The molecule has 1 aliphatic carbocycles. The molecular weight excluding hydrogens is 152 g/mol. The lowest BCUT2D eigenvalue weighted by Gasteiger charge is -2.28. The fourth-order valence-electron chi connectivity index (χ4n) is 2.41. The average molecular weight is 168 g/mol. The summed E-state index contributed by atoms with van der Waals surface area (Å²) < 4.78 is 0. The molecule has 0 aromatic heterocycles. The van der Waals surface area contributed by atoms with E-state index in [4.69, 9.17) is 5.73 Å². The van der Waals surface area contributed by atoms with Gasteiger partial charge in [0.15, 0.2) is 0 Å². The van der Waals surface area contributed by atoms with Crippen molar-refractivity contribution in [1.29, 1.82) is 0 Å². The molecule has 0 aromatic carbocycles. The van der Waals surface area contributed by atoms with Crippen molar-refractivity contribution in [2.75, 3.05) is 13.1 Å². The van der Waals surface area contributed by atoms with Gasteiger partial charge in [-0.05, 0) is 24.2 Å². The number of hydrogen-bond acceptors (Lipinski definition) is 2. The zero-order valence-electron chi connectivity index (χ0n) is 7.47. The molecule has 1 saturated heterocycles. The number of piperidine rings is 1. The summed E-state index contributed by atoms with van der Waals surface area (Å²) in [6, 6.07) is 0. The quantitative estimate of drug-likeness (QED) is 0.583. The van der Waals surface area contributed by atoms with Crippen LogP contribution in [0.15, 0.2) is 0 Å². The predicted molar refractivity (Wildman–Crippen MR) is 46.4 cm³/mol. The molecular formula is C9H16N2O. The molecule has 3 nitrogen and oxygen atoms in total. The fraction of sp³-hybridized carbons (Fsp3) is 0.889. The summed E-state index contributed by atoms with van der Waals surface area (Å²) in [4.78, 5) is 11.0. The highest BCUT2D eigenvalue weighted by Gasteiger charge is 2.53. The van der Waals surface area contributed by atoms with Crippen molar-refractivity contribution in [2.24, 2.45) is 23.0 Å². The average Bonchev–Trinajstić information content (AvgIpc) is 2.61. The number of nitrogens with two attached hydrogens (primary N) is 1. The maximum atomic E-state index is 11.0. The second-order valence-corrected chi connectivity index (χ2v) is 4.40. The van der Waals surface area contributed by atoms with Gasteiger partial charge in [0.05, 0.1) is 5.92 Å². The number of primary amides is 1. The summed E-state index contributed by atoms with van der Waals surface area (Å²) >= 11 is 0. The first-order valence-electron chi connectivity index (χ1n) is 4.64. The van der Waals surface area contributed by atoms with Crippen LogP contribution in [0, 0.1) is 17.3 Å². The molecule has 1 saturated carbocycles. The van der Waals surface area contributed by atoms with E-state index in [2.05, 4.69) is 12.2 Å². The summed E-state index contributed by atoms with van der Waals surface area (Å²) in [5.74, 6) is 0.719. The first kappa shape index (κ1) is 8.05. The summed E-state index contributed by atoms with van der Waals surface area (Å²) in [5.41, 5.74) is 5.71. The summed E-state index contributed by atoms with van der Waals surface area (Å²) in [6.45, 7) is 4.12. The molecule has 1 aliphatic heterocycles. The predicted octanol–water partition coefficient (Wildman–Crippen LogP) is 0.107. The number of rotatable bonds is 1. The van der Waals surface area contributed by atoms with Crippen LogP contribution >= 0.6 is 0 Å². The van der Waals surface area contributed by atoms with E-state index in [0.29, 0.717) is 5.41 Å². The van der Waals surface area contributed by atoms with E-state index in [1.54, 1.807) is 0 Å². The van der Waals surface area contributed by atoms with Gasteiger partial charge in [-0.3, -0.25) is 4.79 Å². The smallest absolute Gasteiger partial charge is 0.221 e. The largest absolute Gasteiger partial charge is 0.369 e. The highest BCUT2D eigenvalue weighted by molar-refractivity contribution is 5.77. The molecule has 2 rings (SSSR count). The van der Waals surface area contributed by atoms with E-state index in [1.807, 2.05) is 0 Å². The minimum Gasteiger partial charge on any atom is -0.369 e. The van der Waals surface area contributed by atoms with Gasteiger partial charge in [0.25, 0.3) is 0 Å². The highest BCUT2D eigenvalue weighted by atomic mass is 16.1. The van der Waals surface area contributed by atoms with Gasteiger partial charge in [0.1, 0.15) is 0 Å². The van der Waals surface area contributed by atoms with Gasteiger partial charge in [-0.25, -0.2) is 0 Å². The van der Waals surface area contributed by atoms with Crippen LogP contribution in [0.1, 0.15) is 19.8 Å². The van der Waals surface area contributed by atoms with Gasteiger partial charge in [-0.1, -0.05) is 6.92 Å². The van der Waals surface area contributed by atoms with Gasteiger partial charge in [-0.2, -0.15) is 0 Å². The second-order valence-electron chi connectivity index (χ2n) is 4.40. The summed E-state index contributed by atoms with van der Waals surface area (Å²) in [7, 11) is 0. The molecule has 0 bridgehead atoms. The molecule has 3 unspecified atom stereocenters. The van der Waals surface area contributed by atoms with Crippen molar-refractivity contribution in [1.82, 2.24) is 5.32 Å². The lowest BCUT2D eigenvalue weighted by molar-refractivity contribution is -0.122. The maximum absolute atomic E-state index is 11.0. The Hall–Kier alpha value is -0.570. The van der Waals surface area contributed by atoms with Crippen molar-refractivity contribution < 1.29 is 4.79 Å². The van der Waals surface area contributed by atoms with E-state index < -0.39 is 0 Å². The molecule has 1 amide bonds. The van der Waals surface area contributed by atoms with Crippen LogP contribution in [0.25, 0.3) is 0 Å². The third-order valence-corrected chi connectivity index (χ3v) is 3.52. The monoisotopic (exact) mass is 168 g/mol. The number of nitrogens with one attached hydrogen (secondary N) is 1. The number of hydrogen-bond donors (Lipinski definition) is 2. The minimum absolute atomic E-state index is 0.0729. The van der Waals surface area contributed by atoms with Crippen LogP contribution in [0.5, 0.6) is 0 Å². The van der Waals surface area contributed by atoms with E-state index in [-0.39, 0.29) is 11.8 Å². The summed E-state index contributed by atoms with van der Waals surface area (Å²) in [5, 5.41) is 3.30. The van der Waals surface area contributed by atoms with Crippen molar-refractivity contribution in [3.8, 4) is 0 Å². The van der Waals surface area contributed by atoms with Gasteiger partial charge >= 0.3 is 0 Å². The second kappa shape index (κ2) is 2.46. The van der Waals surface area contributed by atoms with Gasteiger partial charge < -0.3 is 11.1 Å². The van der Waals surface area contributed by atoms with Crippen LogP contribution in [-0.2, 0) is 4.79 Å². The molecule has 1 heterocycles. The Morgan fingerprint density at radius 2 is 2.25 bits per heavy atom. The van der Waals surface area contributed by atoms with Crippen LogP contribution in [-0.4, -0.2) is 19.0 Å². The highest BCUT2D eigenvalue weighted by Crippen LogP contribution is 2.56. The van der Waals surface area contributed by atoms with Crippen LogP contribution in [0.4, 0.5) is 0 Å². The lowest BCUT2D eigenvalue weighted by Crippen LogP contribution is -2.43. The Bertz CT molecular complexity index is 217. The van der Waals surface area contributed by atoms with Gasteiger partial charge in [0.2, 0.25) is 5.91 Å². The van der Waals surface area contributed by atoms with Crippen LogP contribution < -0.4 is 11.1 Å². The zero-order chi connectivity index (χ0) is 8.77. The van der Waals surface area contributed by atoms with E-state index in [1.165, 1.54) is 6.42 Å². The molecule has 2 fully saturated rings.